The second-order valence-electron chi connectivity index (χ2n) is 4.47. The molecular formula is C17H17FO4. The molecule has 0 radical (unpaired) electrons. The SMILES string of the molecule is CCOc1cc(C(=O)OC)ccc1OCc1ccccc1F. The Morgan fingerprint density at radius 2 is 1.86 bits per heavy atom. The van der Waals surface area contributed by atoms with Crippen LogP contribution in [-0.4, -0.2) is 19.7 Å². The van der Waals surface area contributed by atoms with Crippen molar-refractivity contribution in [1.29, 1.82) is 0 Å². The lowest BCUT2D eigenvalue weighted by atomic mass is 10.2. The van der Waals surface area contributed by atoms with Crippen LogP contribution in [0.2, 0.25) is 0 Å². The van der Waals surface area contributed by atoms with Crippen LogP contribution in [0.5, 0.6) is 11.5 Å². The van der Waals surface area contributed by atoms with Crippen LogP contribution in [0.1, 0.15) is 22.8 Å². The van der Waals surface area contributed by atoms with Crippen LogP contribution in [0.3, 0.4) is 0 Å². The van der Waals surface area contributed by atoms with Gasteiger partial charge in [0.25, 0.3) is 0 Å². The van der Waals surface area contributed by atoms with Crippen LogP contribution in [0.15, 0.2) is 42.5 Å². The van der Waals surface area contributed by atoms with Crippen LogP contribution in [0.4, 0.5) is 4.39 Å². The molecular weight excluding hydrogens is 287 g/mol. The third-order valence-electron chi connectivity index (χ3n) is 3.01. The molecule has 0 saturated carbocycles. The van der Waals surface area contributed by atoms with Crippen LogP contribution in [-0.2, 0) is 11.3 Å². The molecule has 0 fully saturated rings. The van der Waals surface area contributed by atoms with Gasteiger partial charge in [0.2, 0.25) is 0 Å². The number of carbonyl (C=O) groups is 1. The molecule has 0 saturated heterocycles. The second-order valence-corrected chi connectivity index (χ2v) is 4.47. The predicted molar refractivity (Wildman–Crippen MR) is 79.7 cm³/mol. The van der Waals surface area contributed by atoms with Crippen molar-refractivity contribution in [3.8, 4) is 11.5 Å². The Hall–Kier alpha value is -2.56. The van der Waals surface area contributed by atoms with Gasteiger partial charge in [0.15, 0.2) is 11.5 Å². The molecule has 5 heteroatoms. The van der Waals surface area contributed by atoms with Gasteiger partial charge in [0.1, 0.15) is 12.4 Å². The van der Waals surface area contributed by atoms with E-state index in [4.69, 9.17) is 9.47 Å². The van der Waals surface area contributed by atoms with Crippen molar-refractivity contribution in [1.82, 2.24) is 0 Å². The summed E-state index contributed by atoms with van der Waals surface area (Å²) in [5.74, 6) is 0.0766. The second kappa shape index (κ2) is 7.45. The number of halogens is 1. The average Bonchev–Trinajstić information content (AvgIpc) is 2.54. The summed E-state index contributed by atoms with van der Waals surface area (Å²) in [6.45, 7) is 2.32. The highest BCUT2D eigenvalue weighted by Gasteiger charge is 2.12. The van der Waals surface area contributed by atoms with E-state index >= 15 is 0 Å². The van der Waals surface area contributed by atoms with Crippen molar-refractivity contribution >= 4 is 5.97 Å². The zero-order valence-corrected chi connectivity index (χ0v) is 12.5. The van der Waals surface area contributed by atoms with Gasteiger partial charge in [-0.25, -0.2) is 9.18 Å². The Kier molecular flexibility index (Phi) is 5.36. The first-order chi connectivity index (χ1) is 10.7. The standard InChI is InChI=1S/C17H17FO4/c1-3-21-16-10-12(17(19)20-2)8-9-15(16)22-11-13-6-4-5-7-14(13)18/h4-10H,3,11H2,1-2H3. The van der Waals surface area contributed by atoms with Crippen molar-refractivity contribution in [2.45, 2.75) is 13.5 Å². The first kappa shape index (κ1) is 15.8. The summed E-state index contributed by atoms with van der Waals surface area (Å²) in [4.78, 5) is 11.5. The maximum Gasteiger partial charge on any atom is 0.337 e. The topological polar surface area (TPSA) is 44.8 Å². The molecule has 0 aliphatic carbocycles. The lowest BCUT2D eigenvalue weighted by Gasteiger charge is -2.13. The van der Waals surface area contributed by atoms with Gasteiger partial charge < -0.3 is 14.2 Å². The minimum Gasteiger partial charge on any atom is -0.490 e. The molecule has 4 nitrogen and oxygen atoms in total. The largest absolute Gasteiger partial charge is 0.490 e. The van der Waals surface area contributed by atoms with Gasteiger partial charge in [0, 0.05) is 5.56 Å². The van der Waals surface area contributed by atoms with E-state index in [2.05, 4.69) is 4.74 Å². The van der Waals surface area contributed by atoms with Crippen LogP contribution in [0.25, 0.3) is 0 Å². The highest BCUT2D eigenvalue weighted by atomic mass is 19.1. The highest BCUT2D eigenvalue weighted by molar-refractivity contribution is 5.90. The zero-order valence-electron chi connectivity index (χ0n) is 12.5. The van der Waals surface area contributed by atoms with E-state index in [9.17, 15) is 9.18 Å². The summed E-state index contributed by atoms with van der Waals surface area (Å²) < 4.78 is 29.3. The van der Waals surface area contributed by atoms with Gasteiger partial charge in [-0.05, 0) is 31.2 Å². The maximum absolute atomic E-state index is 13.6. The molecule has 0 amide bonds. The Morgan fingerprint density at radius 1 is 1.09 bits per heavy atom. The van der Waals surface area contributed by atoms with Crippen molar-refractivity contribution in [3.05, 3.63) is 59.4 Å². The van der Waals surface area contributed by atoms with Crippen molar-refractivity contribution in [2.75, 3.05) is 13.7 Å². The summed E-state index contributed by atoms with van der Waals surface area (Å²) in [5.41, 5.74) is 0.811. The Bertz CT molecular complexity index is 655. The summed E-state index contributed by atoms with van der Waals surface area (Å²) in [6.07, 6.45) is 0. The Balaban J connectivity index is 2.19. The third kappa shape index (κ3) is 3.75. The summed E-state index contributed by atoms with van der Waals surface area (Å²) in [7, 11) is 1.31. The summed E-state index contributed by atoms with van der Waals surface area (Å²) in [5, 5.41) is 0. The van der Waals surface area contributed by atoms with Crippen LogP contribution >= 0.6 is 0 Å². The van der Waals surface area contributed by atoms with Crippen molar-refractivity contribution in [2.24, 2.45) is 0 Å². The van der Waals surface area contributed by atoms with Gasteiger partial charge in [-0.2, -0.15) is 0 Å². The number of benzene rings is 2. The molecule has 0 N–H and O–H groups in total. The number of hydrogen-bond donors (Lipinski definition) is 0. The predicted octanol–water partition coefficient (Wildman–Crippen LogP) is 3.59. The van der Waals surface area contributed by atoms with E-state index in [0.29, 0.717) is 29.2 Å². The molecule has 0 aromatic heterocycles. The molecule has 116 valence electrons. The molecule has 0 atom stereocenters. The highest BCUT2D eigenvalue weighted by Crippen LogP contribution is 2.29. The number of rotatable bonds is 6. The van der Waals surface area contributed by atoms with E-state index in [1.54, 1.807) is 36.4 Å². The molecule has 2 aromatic rings. The van der Waals surface area contributed by atoms with E-state index in [1.807, 2.05) is 6.92 Å². The van der Waals surface area contributed by atoms with Crippen LogP contribution in [0, 0.1) is 5.82 Å². The van der Waals surface area contributed by atoms with Gasteiger partial charge in [-0.3, -0.25) is 0 Å². The summed E-state index contributed by atoms with van der Waals surface area (Å²) in [6, 6.07) is 11.1. The molecule has 0 unspecified atom stereocenters. The molecule has 0 aliphatic heterocycles. The van der Waals surface area contributed by atoms with Crippen LogP contribution < -0.4 is 9.47 Å². The summed E-state index contributed by atoms with van der Waals surface area (Å²) >= 11 is 0. The molecule has 2 rings (SSSR count). The normalized spacial score (nSPS) is 10.1. The Labute approximate surface area is 128 Å². The van der Waals surface area contributed by atoms with Gasteiger partial charge in [-0.1, -0.05) is 18.2 Å². The monoisotopic (exact) mass is 304 g/mol. The first-order valence-electron chi connectivity index (χ1n) is 6.87. The quantitative estimate of drug-likeness (QED) is 0.765. The molecule has 0 heterocycles. The number of hydrogen-bond acceptors (Lipinski definition) is 4. The van der Waals surface area contributed by atoms with E-state index in [1.165, 1.54) is 13.2 Å². The number of ether oxygens (including phenoxy) is 3. The molecule has 22 heavy (non-hydrogen) atoms. The lowest BCUT2D eigenvalue weighted by Crippen LogP contribution is -2.05. The van der Waals surface area contributed by atoms with Gasteiger partial charge in [-0.15, -0.1) is 0 Å². The Morgan fingerprint density at radius 3 is 2.55 bits per heavy atom. The number of esters is 1. The lowest BCUT2D eigenvalue weighted by molar-refractivity contribution is 0.0600. The average molecular weight is 304 g/mol. The van der Waals surface area contributed by atoms with E-state index in [0.717, 1.165) is 0 Å². The minimum atomic E-state index is -0.457. The molecule has 0 aliphatic rings. The van der Waals surface area contributed by atoms with E-state index in [-0.39, 0.29) is 12.4 Å². The molecule has 2 aromatic carbocycles. The third-order valence-corrected chi connectivity index (χ3v) is 3.01. The van der Waals surface area contributed by atoms with Gasteiger partial charge in [0.05, 0.1) is 19.3 Å². The number of methoxy groups -OCH3 is 1. The van der Waals surface area contributed by atoms with Crippen molar-refractivity contribution < 1.29 is 23.4 Å². The fourth-order valence-electron chi connectivity index (χ4n) is 1.91. The first-order valence-corrected chi connectivity index (χ1v) is 6.87. The maximum atomic E-state index is 13.6. The molecule has 0 spiro atoms. The zero-order chi connectivity index (χ0) is 15.9. The fraction of sp³-hybridized carbons (Fsp3) is 0.235. The van der Waals surface area contributed by atoms with Gasteiger partial charge >= 0.3 is 5.97 Å². The smallest absolute Gasteiger partial charge is 0.337 e. The molecule has 0 bridgehead atoms. The fourth-order valence-corrected chi connectivity index (χ4v) is 1.91. The minimum absolute atomic E-state index is 0.0737. The van der Waals surface area contributed by atoms with E-state index < -0.39 is 5.97 Å². The van der Waals surface area contributed by atoms with Crippen molar-refractivity contribution in [3.63, 3.8) is 0 Å². The number of carbonyl (C=O) groups excluding carboxylic acids is 1.